The van der Waals surface area contributed by atoms with Crippen molar-refractivity contribution in [3.05, 3.63) is 44.6 Å². The molecule has 2 rings (SSSR count). The van der Waals surface area contributed by atoms with Crippen LogP contribution in [-0.2, 0) is 16.6 Å². The van der Waals surface area contributed by atoms with Crippen molar-refractivity contribution in [3.8, 4) is 0 Å². The van der Waals surface area contributed by atoms with Crippen molar-refractivity contribution >= 4 is 27.0 Å². The highest BCUT2D eigenvalue weighted by atomic mass is 32.2. The van der Waals surface area contributed by atoms with Crippen LogP contribution >= 0.6 is 11.3 Å². The highest BCUT2D eigenvalue weighted by Crippen LogP contribution is 2.28. The van der Waals surface area contributed by atoms with Gasteiger partial charge in [-0.1, -0.05) is 0 Å². The number of thiophene rings is 1. The summed E-state index contributed by atoms with van der Waals surface area (Å²) >= 11 is 1.59. The Hall–Kier alpha value is -1.37. The maximum atomic E-state index is 12.6. The van der Waals surface area contributed by atoms with Crippen LogP contribution < -0.4 is 10.5 Å². The van der Waals surface area contributed by atoms with E-state index in [1.165, 1.54) is 0 Å². The number of nitrogen functional groups attached to an aromatic ring is 1. The minimum atomic E-state index is -3.58. The Bertz CT molecular complexity index is 751. The second-order valence-corrected chi connectivity index (χ2v) is 8.27. The number of benzene rings is 1. The van der Waals surface area contributed by atoms with Crippen LogP contribution in [0, 0.1) is 27.7 Å². The van der Waals surface area contributed by atoms with Crippen LogP contribution in [0.2, 0.25) is 0 Å². The molecule has 1 heterocycles. The third-order valence-corrected chi connectivity index (χ3v) is 6.25. The summed E-state index contributed by atoms with van der Waals surface area (Å²) in [5, 5.41) is 0. The van der Waals surface area contributed by atoms with Crippen LogP contribution in [0.4, 0.5) is 5.69 Å². The number of sulfonamides is 1. The predicted octanol–water partition coefficient (Wildman–Crippen LogP) is 3.04. The highest BCUT2D eigenvalue weighted by molar-refractivity contribution is 7.89. The monoisotopic (exact) mass is 324 g/mol. The van der Waals surface area contributed by atoms with Crippen LogP contribution in [0.3, 0.4) is 0 Å². The fraction of sp³-hybridized carbons (Fsp3) is 0.333. The molecule has 0 aliphatic rings. The third kappa shape index (κ3) is 3.28. The van der Waals surface area contributed by atoms with Gasteiger partial charge in [0.05, 0.1) is 4.90 Å². The largest absolute Gasteiger partial charge is 0.398 e. The van der Waals surface area contributed by atoms with Gasteiger partial charge in [-0.15, -0.1) is 11.3 Å². The zero-order valence-corrected chi connectivity index (χ0v) is 14.3. The standard InChI is InChI=1S/C15H20N2O2S2/c1-9-7-14(16)12(4)15(11(9)3)21(18,19)17-8-13-6-5-10(2)20-13/h5-7,17H,8,16H2,1-4H3. The Morgan fingerprint density at radius 1 is 1.14 bits per heavy atom. The summed E-state index contributed by atoms with van der Waals surface area (Å²) in [5.41, 5.74) is 8.64. The summed E-state index contributed by atoms with van der Waals surface area (Å²) in [6.07, 6.45) is 0. The van der Waals surface area contributed by atoms with E-state index in [1.54, 1.807) is 18.3 Å². The van der Waals surface area contributed by atoms with E-state index < -0.39 is 10.0 Å². The number of rotatable bonds is 4. The highest BCUT2D eigenvalue weighted by Gasteiger charge is 2.22. The van der Waals surface area contributed by atoms with Gasteiger partial charge >= 0.3 is 0 Å². The molecule has 0 saturated carbocycles. The van der Waals surface area contributed by atoms with Crippen molar-refractivity contribution in [2.75, 3.05) is 5.73 Å². The SMILES string of the molecule is Cc1ccc(CNS(=O)(=O)c2c(C)c(C)cc(N)c2C)s1. The van der Waals surface area contributed by atoms with Crippen LogP contribution in [0.25, 0.3) is 0 Å². The normalized spacial score (nSPS) is 11.8. The molecular weight excluding hydrogens is 304 g/mol. The van der Waals surface area contributed by atoms with Crippen LogP contribution in [-0.4, -0.2) is 8.42 Å². The summed E-state index contributed by atoms with van der Waals surface area (Å²) in [6.45, 7) is 7.72. The van der Waals surface area contributed by atoms with E-state index in [4.69, 9.17) is 5.73 Å². The molecule has 0 aliphatic heterocycles. The lowest BCUT2D eigenvalue weighted by atomic mass is 10.1. The molecule has 0 amide bonds. The van der Waals surface area contributed by atoms with E-state index in [0.29, 0.717) is 22.7 Å². The van der Waals surface area contributed by atoms with Crippen molar-refractivity contribution in [2.45, 2.75) is 39.1 Å². The molecule has 0 saturated heterocycles. The first-order valence-corrected chi connectivity index (χ1v) is 8.93. The average molecular weight is 324 g/mol. The van der Waals surface area contributed by atoms with Gasteiger partial charge in [-0.05, 0) is 62.6 Å². The van der Waals surface area contributed by atoms with Crippen molar-refractivity contribution in [1.82, 2.24) is 4.72 Å². The maximum Gasteiger partial charge on any atom is 0.241 e. The fourth-order valence-electron chi connectivity index (χ4n) is 2.26. The van der Waals surface area contributed by atoms with Crippen molar-refractivity contribution in [3.63, 3.8) is 0 Å². The molecule has 21 heavy (non-hydrogen) atoms. The Labute approximate surface area is 130 Å². The molecule has 114 valence electrons. The molecule has 4 nitrogen and oxygen atoms in total. The average Bonchev–Trinajstić information content (AvgIpc) is 2.80. The van der Waals surface area contributed by atoms with Gasteiger partial charge in [0.25, 0.3) is 0 Å². The van der Waals surface area contributed by atoms with Gasteiger partial charge in [-0.2, -0.15) is 0 Å². The van der Waals surface area contributed by atoms with E-state index in [1.807, 2.05) is 39.0 Å². The minimum absolute atomic E-state index is 0.299. The second kappa shape index (κ2) is 5.79. The van der Waals surface area contributed by atoms with E-state index >= 15 is 0 Å². The first-order valence-electron chi connectivity index (χ1n) is 6.63. The fourth-order valence-corrected chi connectivity index (χ4v) is 4.76. The minimum Gasteiger partial charge on any atom is -0.398 e. The van der Waals surface area contributed by atoms with E-state index in [2.05, 4.69) is 4.72 Å². The maximum absolute atomic E-state index is 12.6. The topological polar surface area (TPSA) is 72.2 Å². The molecular formula is C15H20N2O2S2. The molecule has 3 N–H and O–H groups in total. The molecule has 0 spiro atoms. The Kier molecular flexibility index (Phi) is 4.41. The quantitative estimate of drug-likeness (QED) is 0.849. The van der Waals surface area contributed by atoms with Gasteiger partial charge in [-0.25, -0.2) is 13.1 Å². The molecule has 1 aromatic carbocycles. The van der Waals surface area contributed by atoms with Crippen molar-refractivity contribution in [2.24, 2.45) is 0 Å². The zero-order valence-electron chi connectivity index (χ0n) is 12.6. The summed E-state index contributed by atoms with van der Waals surface area (Å²) in [7, 11) is -3.58. The number of anilines is 1. The first kappa shape index (κ1) is 16.0. The van der Waals surface area contributed by atoms with Gasteiger partial charge < -0.3 is 5.73 Å². The Morgan fingerprint density at radius 3 is 2.38 bits per heavy atom. The van der Waals surface area contributed by atoms with Crippen LogP contribution in [0.15, 0.2) is 23.1 Å². The summed E-state index contributed by atoms with van der Waals surface area (Å²) in [5.74, 6) is 0. The van der Waals surface area contributed by atoms with Crippen LogP contribution in [0.5, 0.6) is 0 Å². The molecule has 0 fully saturated rings. The van der Waals surface area contributed by atoms with E-state index in [9.17, 15) is 8.42 Å². The molecule has 0 atom stereocenters. The number of hydrogen-bond acceptors (Lipinski definition) is 4. The molecule has 6 heteroatoms. The number of aryl methyl sites for hydroxylation is 2. The van der Waals surface area contributed by atoms with Gasteiger partial charge in [0, 0.05) is 22.0 Å². The summed E-state index contributed by atoms with van der Waals surface area (Å²) < 4.78 is 27.9. The molecule has 0 radical (unpaired) electrons. The zero-order chi connectivity index (χ0) is 15.8. The lowest BCUT2D eigenvalue weighted by Crippen LogP contribution is -2.25. The summed E-state index contributed by atoms with van der Waals surface area (Å²) in [4.78, 5) is 2.46. The van der Waals surface area contributed by atoms with Gasteiger partial charge in [0.15, 0.2) is 0 Å². The number of nitrogens with two attached hydrogens (primary N) is 1. The lowest BCUT2D eigenvalue weighted by molar-refractivity contribution is 0.580. The smallest absolute Gasteiger partial charge is 0.241 e. The second-order valence-electron chi connectivity index (χ2n) is 5.20. The predicted molar refractivity (Wildman–Crippen MR) is 88.1 cm³/mol. The summed E-state index contributed by atoms with van der Waals surface area (Å²) in [6, 6.07) is 5.73. The Morgan fingerprint density at radius 2 is 1.81 bits per heavy atom. The lowest BCUT2D eigenvalue weighted by Gasteiger charge is -2.15. The molecule has 0 unspecified atom stereocenters. The van der Waals surface area contributed by atoms with E-state index in [0.717, 1.165) is 20.9 Å². The van der Waals surface area contributed by atoms with Gasteiger partial charge in [0.1, 0.15) is 0 Å². The van der Waals surface area contributed by atoms with Crippen molar-refractivity contribution < 1.29 is 8.42 Å². The molecule has 2 aromatic rings. The first-order chi connectivity index (χ1) is 9.72. The van der Waals surface area contributed by atoms with Crippen LogP contribution in [0.1, 0.15) is 26.4 Å². The third-order valence-electron chi connectivity index (χ3n) is 3.58. The molecule has 0 bridgehead atoms. The van der Waals surface area contributed by atoms with Gasteiger partial charge in [0.2, 0.25) is 10.0 Å². The van der Waals surface area contributed by atoms with E-state index in [-0.39, 0.29) is 0 Å². The van der Waals surface area contributed by atoms with Crippen molar-refractivity contribution in [1.29, 1.82) is 0 Å². The Balaban J connectivity index is 2.36. The van der Waals surface area contributed by atoms with Gasteiger partial charge in [-0.3, -0.25) is 0 Å². The molecule has 1 aromatic heterocycles. The number of hydrogen-bond donors (Lipinski definition) is 2. The number of nitrogens with one attached hydrogen (secondary N) is 1. The molecule has 0 aliphatic carbocycles.